The van der Waals surface area contributed by atoms with Crippen LogP contribution in [0.15, 0.2) is 15.9 Å². The first-order valence-corrected chi connectivity index (χ1v) is 7.66. The summed E-state index contributed by atoms with van der Waals surface area (Å²) in [4.78, 5) is 1.47. The van der Waals surface area contributed by atoms with E-state index >= 15 is 0 Å². The van der Waals surface area contributed by atoms with Gasteiger partial charge in [0.15, 0.2) is 0 Å². The standard InChI is InChI=1S/C13H20BrNS/c1-13(2)8-3-4-11(13)15-9-7-10-5-6-12(14)16-10/h5-6,11,15H,3-4,7-9H2,1-2H3. The summed E-state index contributed by atoms with van der Waals surface area (Å²) in [5, 5.41) is 3.72. The van der Waals surface area contributed by atoms with Crippen molar-refractivity contribution in [2.24, 2.45) is 5.41 Å². The first-order chi connectivity index (χ1) is 7.58. The maximum Gasteiger partial charge on any atom is 0.0701 e. The molecule has 0 aliphatic heterocycles. The lowest BCUT2D eigenvalue weighted by Gasteiger charge is -2.27. The van der Waals surface area contributed by atoms with Crippen molar-refractivity contribution in [1.82, 2.24) is 5.32 Å². The number of hydrogen-bond acceptors (Lipinski definition) is 2. The van der Waals surface area contributed by atoms with Gasteiger partial charge in [0.25, 0.3) is 0 Å². The Bertz CT molecular complexity index is 345. The lowest BCUT2D eigenvalue weighted by molar-refractivity contribution is 0.285. The van der Waals surface area contributed by atoms with E-state index in [9.17, 15) is 0 Å². The average Bonchev–Trinajstić information content (AvgIpc) is 2.74. The molecule has 1 aliphatic carbocycles. The lowest BCUT2D eigenvalue weighted by Crippen LogP contribution is -2.38. The highest BCUT2D eigenvalue weighted by molar-refractivity contribution is 9.11. The normalized spacial score (nSPS) is 23.8. The summed E-state index contributed by atoms with van der Waals surface area (Å²) >= 11 is 5.35. The van der Waals surface area contributed by atoms with E-state index in [1.807, 2.05) is 11.3 Å². The number of rotatable bonds is 4. The van der Waals surface area contributed by atoms with Crippen LogP contribution in [0.2, 0.25) is 0 Å². The molecule has 2 rings (SSSR count). The quantitative estimate of drug-likeness (QED) is 0.878. The first kappa shape index (κ1) is 12.6. The predicted octanol–water partition coefficient (Wildman–Crippen LogP) is 4.22. The van der Waals surface area contributed by atoms with E-state index in [4.69, 9.17) is 0 Å². The van der Waals surface area contributed by atoms with E-state index in [0.717, 1.165) is 19.0 Å². The van der Waals surface area contributed by atoms with Crippen LogP contribution in [0.5, 0.6) is 0 Å². The monoisotopic (exact) mass is 301 g/mol. The predicted molar refractivity (Wildman–Crippen MR) is 75.1 cm³/mol. The maximum atomic E-state index is 3.72. The molecular weight excluding hydrogens is 282 g/mol. The largest absolute Gasteiger partial charge is 0.313 e. The Hall–Kier alpha value is 0.140. The zero-order valence-electron chi connectivity index (χ0n) is 10.1. The zero-order chi connectivity index (χ0) is 11.6. The second-order valence-corrected chi connectivity index (χ2v) is 7.89. The number of hydrogen-bond donors (Lipinski definition) is 1. The SMILES string of the molecule is CC1(C)CCCC1NCCc1ccc(Br)s1. The van der Waals surface area contributed by atoms with Gasteiger partial charge in [0.05, 0.1) is 3.79 Å². The Labute approximate surface area is 111 Å². The van der Waals surface area contributed by atoms with Gasteiger partial charge in [-0.2, -0.15) is 0 Å². The van der Waals surface area contributed by atoms with Crippen LogP contribution in [0.25, 0.3) is 0 Å². The van der Waals surface area contributed by atoms with Gasteiger partial charge in [0.1, 0.15) is 0 Å². The topological polar surface area (TPSA) is 12.0 Å². The Morgan fingerprint density at radius 2 is 2.31 bits per heavy atom. The van der Waals surface area contributed by atoms with E-state index in [1.54, 1.807) is 0 Å². The summed E-state index contributed by atoms with van der Waals surface area (Å²) < 4.78 is 1.24. The van der Waals surface area contributed by atoms with Gasteiger partial charge in [-0.05, 0) is 52.7 Å². The van der Waals surface area contributed by atoms with Crippen molar-refractivity contribution in [1.29, 1.82) is 0 Å². The second kappa shape index (κ2) is 5.19. The molecule has 0 spiro atoms. The van der Waals surface area contributed by atoms with Crippen molar-refractivity contribution in [2.75, 3.05) is 6.54 Å². The fourth-order valence-corrected chi connectivity index (χ4v) is 4.04. The summed E-state index contributed by atoms with van der Waals surface area (Å²) in [5.74, 6) is 0. The van der Waals surface area contributed by atoms with E-state index < -0.39 is 0 Å². The van der Waals surface area contributed by atoms with Crippen molar-refractivity contribution >= 4 is 27.3 Å². The van der Waals surface area contributed by atoms with E-state index in [-0.39, 0.29) is 0 Å². The molecule has 16 heavy (non-hydrogen) atoms. The van der Waals surface area contributed by atoms with Gasteiger partial charge in [0.2, 0.25) is 0 Å². The van der Waals surface area contributed by atoms with Crippen LogP contribution in [0, 0.1) is 5.41 Å². The molecule has 0 saturated heterocycles. The molecule has 1 N–H and O–H groups in total. The molecule has 0 bridgehead atoms. The molecule has 1 heterocycles. The minimum Gasteiger partial charge on any atom is -0.313 e. The van der Waals surface area contributed by atoms with Crippen LogP contribution < -0.4 is 5.32 Å². The highest BCUT2D eigenvalue weighted by atomic mass is 79.9. The van der Waals surface area contributed by atoms with Crippen molar-refractivity contribution in [2.45, 2.75) is 45.6 Å². The van der Waals surface area contributed by atoms with Gasteiger partial charge in [-0.25, -0.2) is 0 Å². The van der Waals surface area contributed by atoms with Crippen molar-refractivity contribution in [3.05, 3.63) is 20.8 Å². The number of halogens is 1. The Balaban J connectivity index is 1.76. The third-order valence-electron chi connectivity index (χ3n) is 3.65. The number of thiophene rings is 1. The highest BCUT2D eigenvalue weighted by Gasteiger charge is 2.33. The average molecular weight is 302 g/mol. The summed E-state index contributed by atoms with van der Waals surface area (Å²) in [7, 11) is 0. The molecule has 0 aromatic carbocycles. The van der Waals surface area contributed by atoms with E-state index in [0.29, 0.717) is 5.41 Å². The maximum absolute atomic E-state index is 3.72. The Morgan fingerprint density at radius 3 is 2.88 bits per heavy atom. The molecule has 1 atom stereocenters. The third-order valence-corrected chi connectivity index (χ3v) is 5.33. The molecule has 1 aromatic rings. The molecule has 1 aliphatic rings. The van der Waals surface area contributed by atoms with E-state index in [1.165, 1.54) is 27.9 Å². The van der Waals surface area contributed by atoms with E-state index in [2.05, 4.69) is 47.2 Å². The molecule has 1 saturated carbocycles. The van der Waals surface area contributed by atoms with Crippen molar-refractivity contribution < 1.29 is 0 Å². The van der Waals surface area contributed by atoms with Gasteiger partial charge < -0.3 is 5.32 Å². The van der Waals surface area contributed by atoms with Crippen LogP contribution in [0.3, 0.4) is 0 Å². The first-order valence-electron chi connectivity index (χ1n) is 6.05. The van der Waals surface area contributed by atoms with Crippen molar-refractivity contribution in [3.63, 3.8) is 0 Å². The van der Waals surface area contributed by atoms with Crippen molar-refractivity contribution in [3.8, 4) is 0 Å². The summed E-state index contributed by atoms with van der Waals surface area (Å²) in [6, 6.07) is 5.08. The van der Waals surface area contributed by atoms with Gasteiger partial charge in [-0.15, -0.1) is 11.3 Å². The van der Waals surface area contributed by atoms with Crippen LogP contribution >= 0.6 is 27.3 Å². The van der Waals surface area contributed by atoms with Gasteiger partial charge in [-0.1, -0.05) is 20.3 Å². The lowest BCUT2D eigenvalue weighted by atomic mass is 9.87. The van der Waals surface area contributed by atoms with Gasteiger partial charge in [-0.3, -0.25) is 0 Å². The molecule has 1 nitrogen and oxygen atoms in total. The smallest absolute Gasteiger partial charge is 0.0701 e. The summed E-state index contributed by atoms with van der Waals surface area (Å²) in [6.07, 6.45) is 5.26. The molecule has 0 amide bonds. The van der Waals surface area contributed by atoms with Crippen LogP contribution in [0.4, 0.5) is 0 Å². The minimum atomic E-state index is 0.496. The third kappa shape index (κ3) is 3.08. The fourth-order valence-electron chi connectivity index (χ4n) is 2.56. The molecular formula is C13H20BrNS. The molecule has 90 valence electrons. The summed E-state index contributed by atoms with van der Waals surface area (Å²) in [6.45, 7) is 5.89. The minimum absolute atomic E-state index is 0.496. The summed E-state index contributed by atoms with van der Waals surface area (Å²) in [5.41, 5.74) is 0.496. The molecule has 0 radical (unpaired) electrons. The van der Waals surface area contributed by atoms with Crippen LogP contribution in [-0.4, -0.2) is 12.6 Å². The van der Waals surface area contributed by atoms with Crippen LogP contribution in [0.1, 0.15) is 38.0 Å². The second-order valence-electron chi connectivity index (χ2n) is 5.34. The van der Waals surface area contributed by atoms with Crippen LogP contribution in [-0.2, 0) is 6.42 Å². The Morgan fingerprint density at radius 1 is 1.50 bits per heavy atom. The zero-order valence-corrected chi connectivity index (χ0v) is 12.5. The molecule has 1 fully saturated rings. The van der Waals surface area contributed by atoms with Gasteiger partial charge in [0, 0.05) is 17.5 Å². The van der Waals surface area contributed by atoms with Gasteiger partial charge >= 0.3 is 0 Å². The number of nitrogens with one attached hydrogen (secondary N) is 1. The molecule has 1 unspecified atom stereocenters. The molecule has 1 aromatic heterocycles. The fraction of sp³-hybridized carbons (Fsp3) is 0.692. The highest BCUT2D eigenvalue weighted by Crippen LogP contribution is 2.37. The molecule has 3 heteroatoms. The Kier molecular flexibility index (Phi) is 4.09.